The number of amides is 2. The molecule has 0 saturated carbocycles. The third-order valence-corrected chi connectivity index (χ3v) is 4.87. The van der Waals surface area contributed by atoms with Crippen LogP contribution in [0.2, 0.25) is 0 Å². The van der Waals surface area contributed by atoms with Crippen LogP contribution in [0.3, 0.4) is 0 Å². The van der Waals surface area contributed by atoms with E-state index in [4.69, 9.17) is 0 Å². The highest BCUT2D eigenvalue weighted by molar-refractivity contribution is 7.16. The Hall–Kier alpha value is -2.93. The number of carbonyl (C=O) groups is 2. The summed E-state index contributed by atoms with van der Waals surface area (Å²) in [4.78, 5) is 24.9. The quantitative estimate of drug-likeness (QED) is 0.703. The van der Waals surface area contributed by atoms with Gasteiger partial charge < -0.3 is 9.88 Å². The molecule has 3 rings (SSSR count). The lowest BCUT2D eigenvalue weighted by Gasteiger charge is -2.11. The van der Waals surface area contributed by atoms with Gasteiger partial charge in [-0.2, -0.15) is 0 Å². The van der Waals surface area contributed by atoms with E-state index in [1.807, 2.05) is 41.9 Å². The Morgan fingerprint density at radius 2 is 1.76 bits per heavy atom. The molecule has 0 aliphatic rings. The third-order valence-electron chi connectivity index (χ3n) is 3.75. The Labute approximate surface area is 148 Å². The van der Waals surface area contributed by atoms with Crippen LogP contribution in [0.1, 0.15) is 17.3 Å². The first-order chi connectivity index (χ1) is 12.1. The van der Waals surface area contributed by atoms with E-state index >= 15 is 0 Å². The average molecular weight is 354 g/mol. The van der Waals surface area contributed by atoms with Gasteiger partial charge in [-0.25, -0.2) is 5.43 Å². The van der Waals surface area contributed by atoms with Crippen molar-refractivity contribution in [2.75, 3.05) is 0 Å². The van der Waals surface area contributed by atoms with Crippen LogP contribution >= 0.6 is 11.3 Å². The Morgan fingerprint density at radius 1 is 1.08 bits per heavy atom. The predicted molar refractivity (Wildman–Crippen MR) is 97.9 cm³/mol. The fraction of sp³-hybridized carbons (Fsp3) is 0.167. The third kappa shape index (κ3) is 3.77. The number of rotatable bonds is 4. The van der Waals surface area contributed by atoms with Gasteiger partial charge in [0.2, 0.25) is 4.80 Å². The molecule has 0 radical (unpaired) electrons. The van der Waals surface area contributed by atoms with Crippen molar-refractivity contribution in [3.05, 3.63) is 65.0 Å². The standard InChI is InChI=1S/C18H18N4O2S/c1-12(19-17(24)13-8-4-3-5-9-13)16(23)20-21-18-22(2)14-10-6-7-11-15(14)25-18/h3-12H,1-2H3,(H,19,24)(H,20,23)/b21-18-. The van der Waals surface area contributed by atoms with Crippen LogP contribution in [-0.2, 0) is 11.8 Å². The summed E-state index contributed by atoms with van der Waals surface area (Å²) in [6.45, 7) is 1.62. The Kier molecular flexibility index (Phi) is 4.95. The number of benzene rings is 2. The van der Waals surface area contributed by atoms with Crippen molar-refractivity contribution in [3.8, 4) is 0 Å². The summed E-state index contributed by atoms with van der Waals surface area (Å²) in [6, 6.07) is 16.0. The highest BCUT2D eigenvalue weighted by atomic mass is 32.1. The monoisotopic (exact) mass is 354 g/mol. The lowest BCUT2D eigenvalue weighted by molar-refractivity contribution is -0.122. The van der Waals surface area contributed by atoms with Crippen LogP contribution in [0.25, 0.3) is 10.2 Å². The van der Waals surface area contributed by atoms with E-state index in [2.05, 4.69) is 15.8 Å². The van der Waals surface area contributed by atoms with Crippen molar-refractivity contribution in [2.24, 2.45) is 12.1 Å². The minimum absolute atomic E-state index is 0.296. The van der Waals surface area contributed by atoms with Crippen molar-refractivity contribution >= 4 is 33.4 Å². The van der Waals surface area contributed by atoms with Crippen molar-refractivity contribution in [1.82, 2.24) is 15.3 Å². The molecule has 1 heterocycles. The first-order valence-corrected chi connectivity index (χ1v) is 8.62. The molecule has 0 aliphatic carbocycles. The molecule has 7 heteroatoms. The fourth-order valence-electron chi connectivity index (χ4n) is 2.32. The molecule has 3 aromatic rings. The van der Waals surface area contributed by atoms with Gasteiger partial charge in [-0.05, 0) is 31.2 Å². The topological polar surface area (TPSA) is 75.5 Å². The van der Waals surface area contributed by atoms with Gasteiger partial charge in [0.15, 0.2) is 0 Å². The number of aryl methyl sites for hydroxylation is 1. The summed E-state index contributed by atoms with van der Waals surface area (Å²) >= 11 is 1.48. The van der Waals surface area contributed by atoms with E-state index in [9.17, 15) is 9.59 Å². The number of nitrogens with zero attached hydrogens (tertiary/aromatic N) is 2. The molecular formula is C18H18N4O2S. The van der Waals surface area contributed by atoms with Gasteiger partial charge in [0.25, 0.3) is 11.8 Å². The zero-order valence-electron chi connectivity index (χ0n) is 13.9. The van der Waals surface area contributed by atoms with Crippen molar-refractivity contribution < 1.29 is 9.59 Å². The molecule has 2 amide bonds. The van der Waals surface area contributed by atoms with Crippen LogP contribution < -0.4 is 15.5 Å². The van der Waals surface area contributed by atoms with E-state index in [0.29, 0.717) is 10.4 Å². The highest BCUT2D eigenvalue weighted by Gasteiger charge is 2.16. The summed E-state index contributed by atoms with van der Waals surface area (Å²) < 4.78 is 3.00. The lowest BCUT2D eigenvalue weighted by Crippen LogP contribution is -2.43. The van der Waals surface area contributed by atoms with Crippen LogP contribution in [0, 0.1) is 0 Å². The number of hydrogen-bond donors (Lipinski definition) is 2. The van der Waals surface area contributed by atoms with E-state index in [0.717, 1.165) is 10.2 Å². The molecule has 6 nitrogen and oxygen atoms in total. The molecule has 0 aliphatic heterocycles. The summed E-state index contributed by atoms with van der Waals surface area (Å²) in [6.07, 6.45) is 0. The van der Waals surface area contributed by atoms with Gasteiger partial charge in [0.05, 0.1) is 10.2 Å². The zero-order chi connectivity index (χ0) is 17.8. The van der Waals surface area contributed by atoms with Crippen LogP contribution in [0.4, 0.5) is 0 Å². The normalized spacial score (nSPS) is 12.8. The molecule has 2 N–H and O–H groups in total. The number of thiazole rings is 1. The van der Waals surface area contributed by atoms with Gasteiger partial charge in [-0.3, -0.25) is 9.59 Å². The molecule has 25 heavy (non-hydrogen) atoms. The predicted octanol–water partition coefficient (Wildman–Crippen LogP) is 1.99. The first-order valence-electron chi connectivity index (χ1n) is 7.80. The summed E-state index contributed by atoms with van der Waals surface area (Å²) in [5, 5.41) is 6.83. The van der Waals surface area contributed by atoms with Crippen molar-refractivity contribution in [2.45, 2.75) is 13.0 Å². The molecule has 1 atom stereocenters. The second-order valence-electron chi connectivity index (χ2n) is 5.56. The van der Waals surface area contributed by atoms with Crippen molar-refractivity contribution in [3.63, 3.8) is 0 Å². The molecule has 1 unspecified atom stereocenters. The minimum Gasteiger partial charge on any atom is -0.340 e. The van der Waals surface area contributed by atoms with Crippen LogP contribution in [0.5, 0.6) is 0 Å². The molecule has 0 bridgehead atoms. The maximum atomic E-state index is 12.2. The second-order valence-corrected chi connectivity index (χ2v) is 6.57. The summed E-state index contributed by atoms with van der Waals surface area (Å²) in [5.41, 5.74) is 4.07. The number of fused-ring (bicyclic) bond motifs is 1. The molecule has 2 aromatic carbocycles. The number of aromatic nitrogens is 1. The van der Waals surface area contributed by atoms with E-state index in [1.165, 1.54) is 11.3 Å². The molecular weight excluding hydrogens is 336 g/mol. The SMILES string of the molecule is CC(NC(=O)c1ccccc1)C(=O)N/N=c1\sc2ccccc2n1C. The van der Waals surface area contributed by atoms with E-state index < -0.39 is 6.04 Å². The molecule has 0 saturated heterocycles. The number of nitrogens with one attached hydrogen (secondary N) is 2. The Bertz CT molecular complexity index is 975. The summed E-state index contributed by atoms with van der Waals surface area (Å²) in [5.74, 6) is -0.669. The lowest BCUT2D eigenvalue weighted by atomic mass is 10.2. The number of hydrogen-bond acceptors (Lipinski definition) is 4. The first kappa shape index (κ1) is 16.9. The molecule has 0 spiro atoms. The van der Waals surface area contributed by atoms with Gasteiger partial charge in [0.1, 0.15) is 6.04 Å². The largest absolute Gasteiger partial charge is 0.340 e. The zero-order valence-corrected chi connectivity index (χ0v) is 14.7. The number of para-hydroxylation sites is 1. The smallest absolute Gasteiger partial charge is 0.262 e. The molecule has 1 aromatic heterocycles. The second kappa shape index (κ2) is 7.31. The molecule has 128 valence electrons. The minimum atomic E-state index is -0.698. The summed E-state index contributed by atoms with van der Waals surface area (Å²) in [7, 11) is 1.89. The average Bonchev–Trinajstić information content (AvgIpc) is 2.96. The highest BCUT2D eigenvalue weighted by Crippen LogP contribution is 2.14. The number of carbonyl (C=O) groups excluding carboxylic acids is 2. The maximum absolute atomic E-state index is 12.2. The maximum Gasteiger partial charge on any atom is 0.262 e. The molecule has 0 fully saturated rings. The van der Waals surface area contributed by atoms with Crippen LogP contribution in [-0.4, -0.2) is 22.4 Å². The Morgan fingerprint density at radius 3 is 2.48 bits per heavy atom. The van der Waals surface area contributed by atoms with E-state index in [-0.39, 0.29) is 11.8 Å². The van der Waals surface area contributed by atoms with Gasteiger partial charge in [-0.1, -0.05) is 41.7 Å². The van der Waals surface area contributed by atoms with Crippen LogP contribution in [0.15, 0.2) is 59.7 Å². The fourth-order valence-corrected chi connectivity index (χ4v) is 3.30. The van der Waals surface area contributed by atoms with E-state index in [1.54, 1.807) is 31.2 Å². The Balaban J connectivity index is 1.69. The van der Waals surface area contributed by atoms with Crippen molar-refractivity contribution in [1.29, 1.82) is 0 Å². The van der Waals surface area contributed by atoms with Gasteiger partial charge in [0, 0.05) is 12.6 Å². The van der Waals surface area contributed by atoms with Gasteiger partial charge in [-0.15, -0.1) is 5.10 Å². The van der Waals surface area contributed by atoms with Gasteiger partial charge >= 0.3 is 0 Å².